The molecular formula is C25H37N3O4S. The van der Waals surface area contributed by atoms with Gasteiger partial charge in [-0.1, -0.05) is 41.5 Å². The van der Waals surface area contributed by atoms with Crippen molar-refractivity contribution in [3.8, 4) is 0 Å². The van der Waals surface area contributed by atoms with Gasteiger partial charge in [0.05, 0.1) is 17.8 Å². The fourth-order valence-electron chi connectivity index (χ4n) is 4.35. The molecule has 1 aromatic rings. The van der Waals surface area contributed by atoms with Crippen molar-refractivity contribution in [2.24, 2.45) is 10.8 Å². The number of Topliss-reactive ketones (excluding diaryl/α,β-unsaturated/α-hetero) is 2. The van der Waals surface area contributed by atoms with Gasteiger partial charge in [-0.15, -0.1) is 11.3 Å². The van der Waals surface area contributed by atoms with E-state index in [1.807, 2.05) is 46.9 Å². The van der Waals surface area contributed by atoms with Gasteiger partial charge in [-0.05, 0) is 38.5 Å². The van der Waals surface area contributed by atoms with Crippen LogP contribution >= 0.6 is 11.3 Å². The molecule has 2 unspecified atom stereocenters. The quantitative estimate of drug-likeness (QED) is 0.517. The average molecular weight is 476 g/mol. The van der Waals surface area contributed by atoms with E-state index in [-0.39, 0.29) is 23.7 Å². The minimum atomic E-state index is -0.680. The van der Waals surface area contributed by atoms with E-state index in [1.165, 1.54) is 11.3 Å². The number of amides is 2. The van der Waals surface area contributed by atoms with E-state index in [4.69, 9.17) is 4.98 Å². The molecule has 1 aromatic heterocycles. The molecule has 0 saturated carbocycles. The minimum Gasteiger partial charge on any atom is -0.327 e. The molecule has 2 atom stereocenters. The summed E-state index contributed by atoms with van der Waals surface area (Å²) in [7, 11) is 0. The Hall–Kier alpha value is -2.09. The van der Waals surface area contributed by atoms with Crippen LogP contribution in [-0.2, 0) is 19.2 Å². The zero-order chi connectivity index (χ0) is 24.6. The summed E-state index contributed by atoms with van der Waals surface area (Å²) in [6.07, 6.45) is 4.42. The zero-order valence-corrected chi connectivity index (χ0v) is 21.6. The van der Waals surface area contributed by atoms with Gasteiger partial charge in [0.1, 0.15) is 5.01 Å². The standard InChI is InChI=1S/C25H37N3O4S/c1-7-24(3,4)19(29)22(31)27-13-9-11-17(27)16-15-33-21(26-16)18-12-10-14-28(18)23(32)20(30)25(5,6)8-2/h15,17-18H,7-14H2,1-6H3. The van der Waals surface area contributed by atoms with Crippen molar-refractivity contribution in [3.05, 3.63) is 16.1 Å². The summed E-state index contributed by atoms with van der Waals surface area (Å²) < 4.78 is 0. The van der Waals surface area contributed by atoms with E-state index < -0.39 is 22.6 Å². The number of aromatic nitrogens is 1. The summed E-state index contributed by atoms with van der Waals surface area (Å²) in [6.45, 7) is 12.2. The second kappa shape index (κ2) is 9.65. The number of ketones is 2. The van der Waals surface area contributed by atoms with E-state index in [0.29, 0.717) is 25.9 Å². The van der Waals surface area contributed by atoms with Crippen LogP contribution in [0.3, 0.4) is 0 Å². The molecule has 3 rings (SSSR count). The third-order valence-electron chi connectivity index (χ3n) is 7.58. The second-order valence-electron chi connectivity index (χ2n) is 10.6. The van der Waals surface area contributed by atoms with Crippen molar-refractivity contribution in [2.75, 3.05) is 13.1 Å². The van der Waals surface area contributed by atoms with E-state index in [2.05, 4.69) is 0 Å². The Kier molecular flexibility index (Phi) is 7.46. The van der Waals surface area contributed by atoms with Gasteiger partial charge in [0.15, 0.2) is 0 Å². The average Bonchev–Trinajstić information content (AvgIpc) is 3.55. The van der Waals surface area contributed by atoms with Gasteiger partial charge in [-0.2, -0.15) is 0 Å². The maximum absolute atomic E-state index is 13.0. The number of hydrogen-bond acceptors (Lipinski definition) is 6. The second-order valence-corrected chi connectivity index (χ2v) is 11.4. The number of carbonyl (C=O) groups is 4. The van der Waals surface area contributed by atoms with E-state index in [0.717, 1.165) is 36.4 Å². The first-order chi connectivity index (χ1) is 15.4. The van der Waals surface area contributed by atoms with Gasteiger partial charge in [0.2, 0.25) is 11.6 Å². The fraction of sp³-hybridized carbons (Fsp3) is 0.720. The molecule has 0 bridgehead atoms. The number of hydrogen-bond donors (Lipinski definition) is 0. The summed E-state index contributed by atoms with van der Waals surface area (Å²) >= 11 is 1.47. The van der Waals surface area contributed by atoms with E-state index in [1.54, 1.807) is 9.80 Å². The lowest BCUT2D eigenvalue weighted by Crippen LogP contribution is -2.42. The highest BCUT2D eigenvalue weighted by Gasteiger charge is 2.42. The maximum atomic E-state index is 13.0. The first-order valence-corrected chi connectivity index (χ1v) is 13.0. The Morgan fingerprint density at radius 2 is 1.33 bits per heavy atom. The van der Waals surface area contributed by atoms with Crippen molar-refractivity contribution in [1.29, 1.82) is 0 Å². The van der Waals surface area contributed by atoms with Gasteiger partial charge in [0.25, 0.3) is 11.8 Å². The molecule has 0 radical (unpaired) electrons. The Labute approximate surface area is 200 Å². The van der Waals surface area contributed by atoms with Crippen LogP contribution in [0.25, 0.3) is 0 Å². The van der Waals surface area contributed by atoms with E-state index >= 15 is 0 Å². The fourth-order valence-corrected chi connectivity index (χ4v) is 5.36. The summed E-state index contributed by atoms with van der Waals surface area (Å²) in [5, 5.41) is 2.75. The van der Waals surface area contributed by atoms with Crippen LogP contribution in [0, 0.1) is 10.8 Å². The molecule has 2 amide bonds. The highest BCUT2D eigenvalue weighted by atomic mass is 32.1. The molecular weight excluding hydrogens is 438 g/mol. The van der Waals surface area contributed by atoms with Gasteiger partial charge in [0, 0.05) is 29.3 Å². The molecule has 0 aliphatic carbocycles. The van der Waals surface area contributed by atoms with Crippen LogP contribution in [-0.4, -0.2) is 51.3 Å². The first-order valence-electron chi connectivity index (χ1n) is 12.1. The van der Waals surface area contributed by atoms with Crippen LogP contribution in [0.1, 0.15) is 103 Å². The van der Waals surface area contributed by atoms with Crippen LogP contribution in [0.15, 0.2) is 5.38 Å². The molecule has 0 aromatic carbocycles. The predicted molar refractivity (Wildman–Crippen MR) is 128 cm³/mol. The van der Waals surface area contributed by atoms with Gasteiger partial charge < -0.3 is 9.80 Å². The highest BCUT2D eigenvalue weighted by molar-refractivity contribution is 7.09. The Morgan fingerprint density at radius 3 is 1.82 bits per heavy atom. The molecule has 182 valence electrons. The van der Waals surface area contributed by atoms with Crippen molar-refractivity contribution in [3.63, 3.8) is 0 Å². The third kappa shape index (κ3) is 4.91. The topological polar surface area (TPSA) is 87.7 Å². The minimum absolute atomic E-state index is 0.209. The van der Waals surface area contributed by atoms with Crippen LogP contribution in [0.4, 0.5) is 0 Å². The number of nitrogens with zero attached hydrogens (tertiary/aromatic N) is 3. The summed E-state index contributed by atoms with van der Waals surface area (Å²) in [6, 6.07) is -0.426. The molecule has 0 N–H and O–H groups in total. The first kappa shape index (κ1) is 25.5. The SMILES string of the molecule is CCC(C)(C)C(=O)C(=O)N1CCCC1c1csc(C2CCCN2C(=O)C(=O)C(C)(C)CC)n1. The Bertz CT molecular complexity index is 863. The number of rotatable bonds is 8. The largest absolute Gasteiger partial charge is 0.327 e. The Balaban J connectivity index is 1.78. The van der Waals surface area contributed by atoms with Crippen molar-refractivity contribution >= 4 is 34.7 Å². The molecule has 3 heterocycles. The Morgan fingerprint density at radius 1 is 0.879 bits per heavy atom. The lowest BCUT2D eigenvalue weighted by atomic mass is 9.84. The molecule has 2 aliphatic heterocycles. The summed E-state index contributed by atoms with van der Waals surface area (Å²) in [5.41, 5.74) is -0.578. The molecule has 8 heteroatoms. The number of thiazole rings is 1. The number of likely N-dealkylation sites (tertiary alicyclic amines) is 2. The van der Waals surface area contributed by atoms with Gasteiger partial charge >= 0.3 is 0 Å². The summed E-state index contributed by atoms with van der Waals surface area (Å²) in [5.74, 6) is -1.55. The molecule has 2 aliphatic rings. The lowest BCUT2D eigenvalue weighted by molar-refractivity contribution is -0.150. The summed E-state index contributed by atoms with van der Waals surface area (Å²) in [4.78, 5) is 59.7. The van der Waals surface area contributed by atoms with Crippen LogP contribution in [0.5, 0.6) is 0 Å². The molecule has 0 spiro atoms. The zero-order valence-electron chi connectivity index (χ0n) is 20.8. The van der Waals surface area contributed by atoms with Crippen molar-refractivity contribution in [2.45, 2.75) is 92.2 Å². The van der Waals surface area contributed by atoms with Crippen LogP contribution < -0.4 is 0 Å². The number of carbonyl (C=O) groups excluding carboxylic acids is 4. The highest BCUT2D eigenvalue weighted by Crippen LogP contribution is 2.39. The van der Waals surface area contributed by atoms with E-state index in [9.17, 15) is 19.2 Å². The van der Waals surface area contributed by atoms with Gasteiger partial charge in [-0.3, -0.25) is 19.2 Å². The normalized spacial score (nSPS) is 21.5. The molecule has 2 fully saturated rings. The van der Waals surface area contributed by atoms with Crippen LogP contribution in [0.2, 0.25) is 0 Å². The maximum Gasteiger partial charge on any atom is 0.291 e. The molecule has 33 heavy (non-hydrogen) atoms. The monoisotopic (exact) mass is 475 g/mol. The third-order valence-corrected chi connectivity index (χ3v) is 8.54. The van der Waals surface area contributed by atoms with Crippen molar-refractivity contribution < 1.29 is 19.2 Å². The molecule has 2 saturated heterocycles. The predicted octanol–water partition coefficient (Wildman–Crippen LogP) is 4.48. The lowest BCUT2D eigenvalue weighted by Gasteiger charge is -2.28. The van der Waals surface area contributed by atoms with Crippen molar-refractivity contribution in [1.82, 2.24) is 14.8 Å². The molecule has 7 nitrogen and oxygen atoms in total. The smallest absolute Gasteiger partial charge is 0.291 e. The van der Waals surface area contributed by atoms with Gasteiger partial charge in [-0.25, -0.2) is 4.98 Å².